The molecule has 0 radical (unpaired) electrons. The maximum Gasteiger partial charge on any atom is 0.323 e. The van der Waals surface area contributed by atoms with Crippen molar-refractivity contribution in [1.29, 1.82) is 0 Å². The number of rotatable bonds is 2. The largest absolute Gasteiger partial charge is 0.361 e. The van der Waals surface area contributed by atoms with Gasteiger partial charge >= 0.3 is 6.03 Å². The third kappa shape index (κ3) is 3.21. The van der Waals surface area contributed by atoms with Crippen LogP contribution >= 0.6 is 39.1 Å². The first kappa shape index (κ1) is 15.2. The molecule has 0 saturated heterocycles. The molecule has 22 heavy (non-hydrogen) atoms. The maximum absolute atomic E-state index is 12.0. The van der Waals surface area contributed by atoms with E-state index in [1.54, 1.807) is 12.1 Å². The van der Waals surface area contributed by atoms with Gasteiger partial charge in [-0.1, -0.05) is 23.2 Å². The van der Waals surface area contributed by atoms with Crippen molar-refractivity contribution in [2.75, 3.05) is 10.6 Å². The van der Waals surface area contributed by atoms with Crippen molar-refractivity contribution in [3.63, 3.8) is 0 Å². The molecule has 7 heteroatoms. The molecule has 3 rings (SSSR count). The van der Waals surface area contributed by atoms with E-state index in [2.05, 4.69) is 31.5 Å². The van der Waals surface area contributed by atoms with Gasteiger partial charge in [0, 0.05) is 28.5 Å². The van der Waals surface area contributed by atoms with Crippen LogP contribution in [-0.4, -0.2) is 11.0 Å². The van der Waals surface area contributed by atoms with E-state index in [0.29, 0.717) is 25.9 Å². The fourth-order valence-corrected chi connectivity index (χ4v) is 2.77. The molecule has 0 aliphatic heterocycles. The smallest absolute Gasteiger partial charge is 0.323 e. The van der Waals surface area contributed by atoms with E-state index in [-0.39, 0.29) is 6.03 Å². The van der Waals surface area contributed by atoms with Crippen molar-refractivity contribution in [3.05, 3.63) is 57.1 Å². The van der Waals surface area contributed by atoms with Gasteiger partial charge in [-0.15, -0.1) is 0 Å². The third-order valence-electron chi connectivity index (χ3n) is 3.05. The van der Waals surface area contributed by atoms with E-state index in [9.17, 15) is 4.79 Å². The van der Waals surface area contributed by atoms with Gasteiger partial charge in [-0.2, -0.15) is 0 Å². The first-order chi connectivity index (χ1) is 10.5. The number of halogens is 3. The fourth-order valence-electron chi connectivity index (χ4n) is 2.05. The molecule has 3 aromatic rings. The van der Waals surface area contributed by atoms with E-state index in [1.807, 2.05) is 30.5 Å². The summed E-state index contributed by atoms with van der Waals surface area (Å²) in [5, 5.41) is 7.33. The minimum Gasteiger partial charge on any atom is -0.361 e. The van der Waals surface area contributed by atoms with Gasteiger partial charge in [0.25, 0.3) is 0 Å². The number of aromatic amines is 1. The lowest BCUT2D eigenvalue weighted by atomic mass is 10.2. The van der Waals surface area contributed by atoms with Crippen molar-refractivity contribution in [2.45, 2.75) is 0 Å². The van der Waals surface area contributed by atoms with E-state index < -0.39 is 0 Å². The molecular weight excluding hydrogens is 389 g/mol. The highest BCUT2D eigenvalue weighted by Crippen LogP contribution is 2.33. The molecular formula is C15H10BrCl2N3O. The summed E-state index contributed by atoms with van der Waals surface area (Å²) in [6.07, 6.45) is 1.85. The second kappa shape index (κ2) is 6.20. The third-order valence-corrected chi connectivity index (χ3v) is 4.96. The number of hydrogen-bond donors (Lipinski definition) is 3. The lowest BCUT2D eigenvalue weighted by Crippen LogP contribution is -2.19. The molecule has 1 heterocycles. The predicted molar refractivity (Wildman–Crippen MR) is 95.1 cm³/mol. The van der Waals surface area contributed by atoms with E-state index in [1.165, 1.54) is 0 Å². The summed E-state index contributed by atoms with van der Waals surface area (Å²) in [6, 6.07) is 10.4. The molecule has 2 aromatic carbocycles. The molecule has 3 N–H and O–H groups in total. The number of urea groups is 1. The fraction of sp³-hybridized carbons (Fsp3) is 0. The zero-order valence-electron chi connectivity index (χ0n) is 11.1. The normalized spacial score (nSPS) is 10.7. The van der Waals surface area contributed by atoms with Gasteiger partial charge in [-0.05, 0) is 52.3 Å². The zero-order chi connectivity index (χ0) is 15.7. The molecule has 112 valence electrons. The van der Waals surface area contributed by atoms with Crippen LogP contribution in [0.4, 0.5) is 16.2 Å². The Bertz CT molecular complexity index is 840. The summed E-state index contributed by atoms with van der Waals surface area (Å²) in [6.45, 7) is 0. The zero-order valence-corrected chi connectivity index (χ0v) is 14.2. The minimum absolute atomic E-state index is 0.371. The van der Waals surface area contributed by atoms with Crippen LogP contribution in [0, 0.1) is 0 Å². The predicted octanol–water partition coefficient (Wildman–Crippen LogP) is 5.88. The van der Waals surface area contributed by atoms with E-state index in [0.717, 1.165) is 10.9 Å². The maximum atomic E-state index is 12.0. The summed E-state index contributed by atoms with van der Waals surface area (Å²) in [5.41, 5.74) is 2.22. The summed E-state index contributed by atoms with van der Waals surface area (Å²) in [5.74, 6) is 0. The number of H-pyrrole nitrogens is 1. The van der Waals surface area contributed by atoms with Gasteiger partial charge in [0.2, 0.25) is 0 Å². The average Bonchev–Trinajstić information content (AvgIpc) is 2.92. The molecule has 0 unspecified atom stereocenters. The molecule has 0 aliphatic carbocycles. The van der Waals surface area contributed by atoms with Gasteiger partial charge in [-0.25, -0.2) is 4.79 Å². The summed E-state index contributed by atoms with van der Waals surface area (Å²) >= 11 is 15.3. The van der Waals surface area contributed by atoms with Crippen LogP contribution in [0.3, 0.4) is 0 Å². The highest BCUT2D eigenvalue weighted by molar-refractivity contribution is 9.10. The number of hydrogen-bond acceptors (Lipinski definition) is 1. The van der Waals surface area contributed by atoms with Gasteiger partial charge in [0.1, 0.15) is 0 Å². The number of anilines is 2. The Hall–Kier alpha value is -1.69. The van der Waals surface area contributed by atoms with Gasteiger partial charge < -0.3 is 15.6 Å². The molecule has 0 bridgehead atoms. The molecule has 0 atom stereocenters. The first-order valence-electron chi connectivity index (χ1n) is 6.32. The second-order valence-corrected chi connectivity index (χ2v) is 6.22. The van der Waals surface area contributed by atoms with Crippen molar-refractivity contribution in [3.8, 4) is 0 Å². The van der Waals surface area contributed by atoms with Crippen LogP contribution < -0.4 is 10.6 Å². The summed E-state index contributed by atoms with van der Waals surface area (Å²) in [4.78, 5) is 15.1. The van der Waals surface area contributed by atoms with Crippen LogP contribution in [0.25, 0.3) is 10.9 Å². The molecule has 2 amide bonds. The number of carbonyl (C=O) groups excluding carboxylic acids is 1. The van der Waals surface area contributed by atoms with Crippen molar-refractivity contribution in [1.82, 2.24) is 4.98 Å². The summed E-state index contributed by atoms with van der Waals surface area (Å²) < 4.78 is 0.597. The lowest BCUT2D eigenvalue weighted by molar-refractivity contribution is 0.262. The molecule has 0 spiro atoms. The Kier molecular flexibility index (Phi) is 4.29. The molecule has 0 fully saturated rings. The standard InChI is InChI=1S/C15H10BrCl2N3O/c16-14-11(17)6-10(7-12(14)18)21-15(22)20-9-1-2-13-8(5-9)3-4-19-13/h1-7,19H,(H2,20,21,22). The number of carbonyl (C=O) groups is 1. The summed E-state index contributed by atoms with van der Waals surface area (Å²) in [7, 11) is 0. The van der Waals surface area contributed by atoms with Crippen LogP contribution in [-0.2, 0) is 0 Å². The van der Waals surface area contributed by atoms with Crippen molar-refractivity contribution < 1.29 is 4.79 Å². The Morgan fingerprint density at radius 2 is 1.68 bits per heavy atom. The van der Waals surface area contributed by atoms with E-state index in [4.69, 9.17) is 23.2 Å². The Balaban J connectivity index is 1.74. The van der Waals surface area contributed by atoms with Crippen LogP contribution in [0.15, 0.2) is 47.1 Å². The topological polar surface area (TPSA) is 56.9 Å². The van der Waals surface area contributed by atoms with Crippen molar-refractivity contribution >= 4 is 67.4 Å². The monoisotopic (exact) mass is 397 g/mol. The Morgan fingerprint density at radius 1 is 1.00 bits per heavy atom. The number of fused-ring (bicyclic) bond motifs is 1. The second-order valence-electron chi connectivity index (χ2n) is 4.61. The highest BCUT2D eigenvalue weighted by atomic mass is 79.9. The molecule has 4 nitrogen and oxygen atoms in total. The number of amides is 2. The number of nitrogens with one attached hydrogen (secondary N) is 3. The number of benzene rings is 2. The average molecular weight is 399 g/mol. The molecule has 0 saturated carbocycles. The molecule has 0 aliphatic rings. The lowest BCUT2D eigenvalue weighted by Gasteiger charge is -2.09. The van der Waals surface area contributed by atoms with Gasteiger partial charge in [-0.3, -0.25) is 0 Å². The first-order valence-corrected chi connectivity index (χ1v) is 7.87. The van der Waals surface area contributed by atoms with Gasteiger partial charge in [0.05, 0.1) is 14.5 Å². The van der Waals surface area contributed by atoms with Crippen LogP contribution in [0.1, 0.15) is 0 Å². The van der Waals surface area contributed by atoms with Gasteiger partial charge in [0.15, 0.2) is 0 Å². The van der Waals surface area contributed by atoms with Crippen LogP contribution in [0.5, 0.6) is 0 Å². The SMILES string of the molecule is O=C(Nc1cc(Cl)c(Br)c(Cl)c1)Nc1ccc2[nH]ccc2c1. The quantitative estimate of drug-likeness (QED) is 0.463. The molecule has 1 aromatic heterocycles. The Morgan fingerprint density at radius 3 is 2.41 bits per heavy atom. The van der Waals surface area contributed by atoms with Crippen molar-refractivity contribution in [2.24, 2.45) is 0 Å². The number of aromatic nitrogens is 1. The van der Waals surface area contributed by atoms with E-state index >= 15 is 0 Å². The Labute approximate surface area is 144 Å². The van der Waals surface area contributed by atoms with Crippen LogP contribution in [0.2, 0.25) is 10.0 Å². The minimum atomic E-state index is -0.371. The highest BCUT2D eigenvalue weighted by Gasteiger charge is 2.08.